The fourth-order valence-electron chi connectivity index (χ4n) is 1.59. The van der Waals surface area contributed by atoms with Gasteiger partial charge in [-0.15, -0.1) is 10.2 Å². The zero-order valence-corrected chi connectivity index (χ0v) is 10.8. The molecule has 4 N–H and O–H groups in total. The molecule has 10 heteroatoms. The number of aromatic amines is 3. The second-order valence-corrected chi connectivity index (χ2v) is 4.50. The number of carbonyl (C=O) groups excluding carboxylic acids is 1. The number of rotatable bonds is 2. The number of anilines is 1. The van der Waals surface area contributed by atoms with E-state index in [-0.39, 0.29) is 11.5 Å². The Balaban J connectivity index is 1.98. The lowest BCUT2D eigenvalue weighted by atomic mass is 10.2. The highest BCUT2D eigenvalue weighted by molar-refractivity contribution is 9.10. The van der Waals surface area contributed by atoms with Crippen LogP contribution in [0.15, 0.2) is 21.4 Å². The average molecular weight is 324 g/mol. The third-order valence-corrected chi connectivity index (χ3v) is 3.06. The molecule has 0 radical (unpaired) electrons. The molecule has 0 aliphatic carbocycles. The number of halogens is 1. The summed E-state index contributed by atoms with van der Waals surface area (Å²) in [6.45, 7) is 0. The highest BCUT2D eigenvalue weighted by atomic mass is 79.9. The van der Waals surface area contributed by atoms with E-state index in [2.05, 4.69) is 51.8 Å². The van der Waals surface area contributed by atoms with Crippen LogP contribution in [-0.2, 0) is 0 Å². The average Bonchev–Trinajstić information content (AvgIpc) is 2.97. The number of hydrogen-bond donors (Lipinski definition) is 4. The summed E-state index contributed by atoms with van der Waals surface area (Å²) in [6.07, 6.45) is 0. The molecular weight excluding hydrogens is 318 g/mol. The monoisotopic (exact) mass is 323 g/mol. The van der Waals surface area contributed by atoms with Crippen molar-refractivity contribution in [1.29, 1.82) is 0 Å². The van der Waals surface area contributed by atoms with E-state index in [4.69, 9.17) is 0 Å². The molecule has 1 amide bonds. The molecule has 0 bridgehead atoms. The van der Waals surface area contributed by atoms with Gasteiger partial charge in [0.05, 0.1) is 16.7 Å². The van der Waals surface area contributed by atoms with Crippen LogP contribution in [0.3, 0.4) is 0 Å². The second-order valence-electron chi connectivity index (χ2n) is 3.65. The zero-order valence-electron chi connectivity index (χ0n) is 9.19. The number of nitrogens with one attached hydrogen (secondary N) is 4. The molecule has 3 rings (SSSR count). The second kappa shape index (κ2) is 4.31. The third-order valence-electron chi connectivity index (χ3n) is 2.40. The minimum absolute atomic E-state index is 0.0745. The van der Waals surface area contributed by atoms with Gasteiger partial charge in [0.25, 0.3) is 11.7 Å². The predicted molar refractivity (Wildman–Crippen MR) is 68.8 cm³/mol. The van der Waals surface area contributed by atoms with Gasteiger partial charge in [-0.05, 0) is 33.3 Å². The maximum Gasteiger partial charge on any atom is 0.323 e. The lowest BCUT2D eigenvalue weighted by molar-refractivity contribution is 0.101. The molecule has 0 aliphatic rings. The van der Waals surface area contributed by atoms with Gasteiger partial charge in [-0.2, -0.15) is 5.21 Å². The number of amides is 1. The standard InChI is InChI=1S/C9H6BrN7O2/c10-3-1-5-6(13-9(19)12-5)2-4(3)11-8(18)7-14-16-17-15-7/h1-2H,(H,11,18)(H2,12,13,19)(H,14,15,16,17). The maximum absolute atomic E-state index is 11.8. The number of benzene rings is 1. The molecule has 0 spiro atoms. The van der Waals surface area contributed by atoms with Crippen molar-refractivity contribution in [3.63, 3.8) is 0 Å². The van der Waals surface area contributed by atoms with E-state index < -0.39 is 5.91 Å². The number of imidazole rings is 1. The van der Waals surface area contributed by atoms with Crippen LogP contribution in [0.25, 0.3) is 11.0 Å². The largest absolute Gasteiger partial charge is 0.323 e. The van der Waals surface area contributed by atoms with Crippen LogP contribution in [0, 0.1) is 0 Å². The molecule has 19 heavy (non-hydrogen) atoms. The van der Waals surface area contributed by atoms with Crippen LogP contribution in [0.1, 0.15) is 10.6 Å². The fourth-order valence-corrected chi connectivity index (χ4v) is 2.03. The van der Waals surface area contributed by atoms with Crippen molar-refractivity contribution in [3.8, 4) is 0 Å². The quantitative estimate of drug-likeness (QED) is 0.541. The van der Waals surface area contributed by atoms with Crippen molar-refractivity contribution in [2.45, 2.75) is 0 Å². The fraction of sp³-hybridized carbons (Fsp3) is 0. The summed E-state index contributed by atoms with van der Waals surface area (Å²) in [5.74, 6) is -0.582. The minimum atomic E-state index is -0.508. The first-order chi connectivity index (χ1) is 9.13. The van der Waals surface area contributed by atoms with Crippen molar-refractivity contribution in [2.75, 3.05) is 5.32 Å². The molecule has 0 atom stereocenters. The molecular formula is C9H6BrN7O2. The van der Waals surface area contributed by atoms with Gasteiger partial charge in [-0.1, -0.05) is 0 Å². The molecule has 1 aromatic carbocycles. The van der Waals surface area contributed by atoms with Crippen LogP contribution in [0.4, 0.5) is 5.69 Å². The third kappa shape index (κ3) is 2.12. The summed E-state index contributed by atoms with van der Waals surface area (Å²) in [4.78, 5) is 28.2. The smallest absolute Gasteiger partial charge is 0.318 e. The van der Waals surface area contributed by atoms with Crippen LogP contribution >= 0.6 is 15.9 Å². The van der Waals surface area contributed by atoms with Gasteiger partial charge in [0.15, 0.2) is 0 Å². The molecule has 2 aromatic heterocycles. The Labute approximate surface area is 112 Å². The van der Waals surface area contributed by atoms with E-state index in [9.17, 15) is 9.59 Å². The van der Waals surface area contributed by atoms with Crippen molar-refractivity contribution >= 4 is 38.6 Å². The predicted octanol–water partition coefficient (Wildman–Crippen LogP) is 0.384. The first kappa shape index (κ1) is 11.6. The van der Waals surface area contributed by atoms with E-state index in [0.29, 0.717) is 21.2 Å². The van der Waals surface area contributed by atoms with Gasteiger partial charge < -0.3 is 15.3 Å². The van der Waals surface area contributed by atoms with Crippen LogP contribution in [0.2, 0.25) is 0 Å². The van der Waals surface area contributed by atoms with E-state index in [1.807, 2.05) is 0 Å². The highest BCUT2D eigenvalue weighted by Crippen LogP contribution is 2.26. The van der Waals surface area contributed by atoms with Gasteiger partial charge in [-0.3, -0.25) is 4.79 Å². The molecule has 0 fully saturated rings. The Hall–Kier alpha value is -2.49. The number of fused-ring (bicyclic) bond motifs is 1. The van der Waals surface area contributed by atoms with Gasteiger partial charge in [0, 0.05) is 4.47 Å². The number of tetrazole rings is 1. The normalized spacial score (nSPS) is 10.8. The molecule has 9 nitrogen and oxygen atoms in total. The maximum atomic E-state index is 11.8. The Morgan fingerprint density at radius 3 is 2.68 bits per heavy atom. The van der Waals surface area contributed by atoms with E-state index in [0.717, 1.165) is 0 Å². The zero-order chi connectivity index (χ0) is 13.4. The molecule has 0 aliphatic heterocycles. The summed E-state index contributed by atoms with van der Waals surface area (Å²) in [5.41, 5.74) is 1.38. The molecule has 0 saturated heterocycles. The molecule has 0 saturated carbocycles. The van der Waals surface area contributed by atoms with Gasteiger partial charge in [0.1, 0.15) is 0 Å². The van der Waals surface area contributed by atoms with Crippen molar-refractivity contribution in [3.05, 3.63) is 32.9 Å². The molecule has 0 unspecified atom stereocenters. The summed E-state index contributed by atoms with van der Waals surface area (Å²) in [7, 11) is 0. The molecule has 3 aromatic rings. The topological polar surface area (TPSA) is 132 Å². The Bertz CT molecular complexity index is 804. The number of aromatic nitrogens is 6. The van der Waals surface area contributed by atoms with Crippen molar-refractivity contribution in [2.24, 2.45) is 0 Å². The van der Waals surface area contributed by atoms with Crippen LogP contribution in [0.5, 0.6) is 0 Å². The Morgan fingerprint density at radius 1 is 1.26 bits per heavy atom. The Morgan fingerprint density at radius 2 is 2.00 bits per heavy atom. The van der Waals surface area contributed by atoms with Gasteiger partial charge in [-0.25, -0.2) is 4.79 Å². The lowest BCUT2D eigenvalue weighted by Gasteiger charge is -2.05. The van der Waals surface area contributed by atoms with E-state index in [1.165, 1.54) is 0 Å². The lowest BCUT2D eigenvalue weighted by Crippen LogP contribution is -2.14. The van der Waals surface area contributed by atoms with Crippen molar-refractivity contribution < 1.29 is 4.79 Å². The number of carbonyl (C=O) groups is 1. The van der Waals surface area contributed by atoms with E-state index in [1.54, 1.807) is 12.1 Å². The van der Waals surface area contributed by atoms with Crippen LogP contribution < -0.4 is 11.0 Å². The number of H-pyrrole nitrogens is 3. The first-order valence-electron chi connectivity index (χ1n) is 5.10. The SMILES string of the molecule is O=C(Nc1cc2[nH]c(=O)[nH]c2cc1Br)c1nn[nH]n1. The summed E-state index contributed by atoms with van der Waals surface area (Å²) in [5, 5.41) is 15.2. The van der Waals surface area contributed by atoms with E-state index >= 15 is 0 Å². The summed E-state index contributed by atoms with van der Waals surface area (Å²) in [6, 6.07) is 3.30. The highest BCUT2D eigenvalue weighted by Gasteiger charge is 2.13. The summed E-state index contributed by atoms with van der Waals surface area (Å²) < 4.78 is 0.618. The first-order valence-corrected chi connectivity index (χ1v) is 5.89. The number of nitrogens with zero attached hydrogens (tertiary/aromatic N) is 3. The van der Waals surface area contributed by atoms with Gasteiger partial charge in [0.2, 0.25) is 0 Å². The Kier molecular flexibility index (Phi) is 2.63. The minimum Gasteiger partial charge on any atom is -0.318 e. The van der Waals surface area contributed by atoms with Crippen LogP contribution in [-0.4, -0.2) is 36.5 Å². The van der Waals surface area contributed by atoms with Crippen molar-refractivity contribution in [1.82, 2.24) is 30.6 Å². The summed E-state index contributed by atoms with van der Waals surface area (Å²) >= 11 is 3.30. The van der Waals surface area contributed by atoms with Gasteiger partial charge >= 0.3 is 5.69 Å². The number of hydrogen-bond acceptors (Lipinski definition) is 5. The molecule has 96 valence electrons. The molecule has 2 heterocycles.